The van der Waals surface area contributed by atoms with E-state index < -0.39 is 0 Å². The average molecular weight is 144 g/mol. The fourth-order valence-corrected chi connectivity index (χ4v) is 1.13. The number of hydrogen-bond donors (Lipinski definition) is 0. The van der Waals surface area contributed by atoms with Crippen LogP contribution in [0.5, 0.6) is 0 Å². The molecule has 0 rings (SSSR count). The highest BCUT2D eigenvalue weighted by molar-refractivity contribution is 7.80. The normalized spacial score (nSPS) is 9.56. The first-order valence-corrected chi connectivity index (χ1v) is 4.23. The second-order valence-corrected chi connectivity index (χ2v) is 2.97. The molecule has 0 bridgehead atoms. The summed E-state index contributed by atoms with van der Waals surface area (Å²) in [5.74, 6) is 0. The SMILES string of the molecule is CCCCC(=S)CCC. The molecule has 0 aliphatic heterocycles. The van der Waals surface area contributed by atoms with Crippen molar-refractivity contribution in [3.8, 4) is 0 Å². The first-order chi connectivity index (χ1) is 4.31. The van der Waals surface area contributed by atoms with Gasteiger partial charge in [0.15, 0.2) is 0 Å². The van der Waals surface area contributed by atoms with Crippen molar-refractivity contribution in [3.05, 3.63) is 0 Å². The standard InChI is InChI=1S/C8H16S/c1-3-5-7-8(9)6-4-2/h3-7H2,1-2H3. The maximum Gasteiger partial charge on any atom is -0.00716 e. The molecule has 0 fully saturated rings. The molecule has 0 aromatic carbocycles. The lowest BCUT2D eigenvalue weighted by Gasteiger charge is -1.97. The van der Waals surface area contributed by atoms with Gasteiger partial charge in [-0.25, -0.2) is 0 Å². The van der Waals surface area contributed by atoms with Crippen LogP contribution in [0.4, 0.5) is 0 Å². The van der Waals surface area contributed by atoms with Gasteiger partial charge in [0.05, 0.1) is 0 Å². The van der Waals surface area contributed by atoms with Crippen LogP contribution in [-0.2, 0) is 0 Å². The van der Waals surface area contributed by atoms with Crippen molar-refractivity contribution in [2.24, 2.45) is 0 Å². The van der Waals surface area contributed by atoms with Crippen molar-refractivity contribution in [1.82, 2.24) is 0 Å². The van der Waals surface area contributed by atoms with Gasteiger partial charge in [0, 0.05) is 0 Å². The first kappa shape index (κ1) is 9.09. The molecule has 0 amide bonds. The second kappa shape index (κ2) is 6.21. The molecular formula is C8H16S. The lowest BCUT2D eigenvalue weighted by atomic mass is 10.1. The van der Waals surface area contributed by atoms with Crippen molar-refractivity contribution in [3.63, 3.8) is 0 Å². The molecule has 0 aliphatic carbocycles. The third-order valence-corrected chi connectivity index (χ3v) is 1.75. The summed E-state index contributed by atoms with van der Waals surface area (Å²) in [6.45, 7) is 4.38. The van der Waals surface area contributed by atoms with E-state index in [9.17, 15) is 0 Å². The van der Waals surface area contributed by atoms with Crippen molar-refractivity contribution in [1.29, 1.82) is 0 Å². The Kier molecular flexibility index (Phi) is 6.28. The molecule has 0 aliphatic rings. The van der Waals surface area contributed by atoms with E-state index in [0.717, 1.165) is 6.42 Å². The van der Waals surface area contributed by atoms with Crippen LogP contribution in [0.15, 0.2) is 0 Å². The molecule has 0 aromatic heterocycles. The molecule has 0 radical (unpaired) electrons. The highest BCUT2D eigenvalue weighted by atomic mass is 32.1. The summed E-state index contributed by atoms with van der Waals surface area (Å²) in [6.07, 6.45) is 6.07. The predicted octanol–water partition coefficient (Wildman–Crippen LogP) is 3.35. The largest absolute Gasteiger partial charge is 0.0897 e. The van der Waals surface area contributed by atoms with Gasteiger partial charge in [0.2, 0.25) is 0 Å². The van der Waals surface area contributed by atoms with Gasteiger partial charge in [-0.15, -0.1) is 0 Å². The summed E-state index contributed by atoms with van der Waals surface area (Å²) >= 11 is 5.12. The van der Waals surface area contributed by atoms with Gasteiger partial charge in [-0.3, -0.25) is 0 Å². The summed E-state index contributed by atoms with van der Waals surface area (Å²) in [5, 5.41) is 0. The van der Waals surface area contributed by atoms with Crippen LogP contribution >= 0.6 is 12.2 Å². The zero-order chi connectivity index (χ0) is 7.11. The molecule has 0 unspecified atom stereocenters. The number of hydrogen-bond acceptors (Lipinski definition) is 1. The van der Waals surface area contributed by atoms with Crippen molar-refractivity contribution in [2.75, 3.05) is 0 Å². The lowest BCUT2D eigenvalue weighted by molar-refractivity contribution is 0.824. The highest BCUT2D eigenvalue weighted by Gasteiger charge is 1.92. The number of unbranched alkanes of at least 4 members (excludes halogenated alkanes) is 1. The van der Waals surface area contributed by atoms with Gasteiger partial charge in [0.25, 0.3) is 0 Å². The van der Waals surface area contributed by atoms with E-state index >= 15 is 0 Å². The molecule has 9 heavy (non-hydrogen) atoms. The van der Waals surface area contributed by atoms with Gasteiger partial charge in [-0.2, -0.15) is 0 Å². The molecule has 54 valence electrons. The Balaban J connectivity index is 3.06. The number of thiocarbonyl (C=S) groups is 1. The van der Waals surface area contributed by atoms with Crippen LogP contribution in [0, 0.1) is 0 Å². The zero-order valence-corrected chi connectivity index (χ0v) is 7.26. The monoisotopic (exact) mass is 144 g/mol. The molecule has 0 aromatic rings. The quantitative estimate of drug-likeness (QED) is 0.533. The Hall–Kier alpha value is 0.0900. The van der Waals surface area contributed by atoms with Gasteiger partial charge >= 0.3 is 0 Å². The third kappa shape index (κ3) is 5.97. The summed E-state index contributed by atoms with van der Waals surface area (Å²) in [6, 6.07) is 0. The minimum Gasteiger partial charge on any atom is -0.0897 e. The minimum absolute atomic E-state index is 1.15. The van der Waals surface area contributed by atoms with Gasteiger partial charge < -0.3 is 0 Å². The summed E-state index contributed by atoms with van der Waals surface area (Å²) in [7, 11) is 0. The van der Waals surface area contributed by atoms with E-state index in [2.05, 4.69) is 13.8 Å². The Labute approximate surface area is 63.7 Å². The fourth-order valence-electron chi connectivity index (χ4n) is 0.778. The van der Waals surface area contributed by atoms with Crippen LogP contribution in [0.25, 0.3) is 0 Å². The maximum absolute atomic E-state index is 5.12. The Bertz CT molecular complexity index is 76.6. The second-order valence-electron chi connectivity index (χ2n) is 2.39. The number of rotatable bonds is 5. The topological polar surface area (TPSA) is 0 Å². The van der Waals surface area contributed by atoms with E-state index in [1.54, 1.807) is 0 Å². The molecule has 0 saturated heterocycles. The van der Waals surface area contributed by atoms with E-state index in [1.165, 1.54) is 30.5 Å². The Morgan fingerprint density at radius 2 is 1.78 bits per heavy atom. The van der Waals surface area contributed by atoms with Crippen molar-refractivity contribution in [2.45, 2.75) is 46.0 Å². The zero-order valence-electron chi connectivity index (χ0n) is 6.44. The molecule has 1 heteroatoms. The summed E-state index contributed by atoms with van der Waals surface area (Å²) in [5.41, 5.74) is 0. The smallest absolute Gasteiger partial charge is 0.00716 e. The third-order valence-electron chi connectivity index (χ3n) is 1.34. The Morgan fingerprint density at radius 3 is 2.22 bits per heavy atom. The molecule has 0 saturated carbocycles. The van der Waals surface area contributed by atoms with E-state index in [4.69, 9.17) is 12.2 Å². The fraction of sp³-hybridized carbons (Fsp3) is 0.875. The molecule has 0 spiro atoms. The molecular weight excluding hydrogens is 128 g/mol. The first-order valence-electron chi connectivity index (χ1n) is 3.83. The van der Waals surface area contributed by atoms with E-state index in [-0.39, 0.29) is 0 Å². The van der Waals surface area contributed by atoms with Gasteiger partial charge in [-0.1, -0.05) is 38.9 Å². The highest BCUT2D eigenvalue weighted by Crippen LogP contribution is 2.02. The van der Waals surface area contributed by atoms with Crippen LogP contribution in [0.2, 0.25) is 0 Å². The lowest BCUT2D eigenvalue weighted by Crippen LogP contribution is -1.91. The molecule has 0 N–H and O–H groups in total. The minimum atomic E-state index is 1.15. The van der Waals surface area contributed by atoms with Crippen LogP contribution in [0.3, 0.4) is 0 Å². The van der Waals surface area contributed by atoms with Crippen molar-refractivity contribution < 1.29 is 0 Å². The molecule has 0 nitrogen and oxygen atoms in total. The molecule has 0 heterocycles. The van der Waals surface area contributed by atoms with Gasteiger partial charge in [-0.05, 0) is 24.1 Å². The van der Waals surface area contributed by atoms with E-state index in [1.807, 2.05) is 0 Å². The van der Waals surface area contributed by atoms with Gasteiger partial charge in [0.1, 0.15) is 0 Å². The maximum atomic E-state index is 5.12. The summed E-state index contributed by atoms with van der Waals surface area (Å²) < 4.78 is 0. The predicted molar refractivity (Wildman–Crippen MR) is 47.0 cm³/mol. The average Bonchev–Trinajstić information content (AvgIpc) is 1.85. The van der Waals surface area contributed by atoms with E-state index in [0.29, 0.717) is 0 Å². The van der Waals surface area contributed by atoms with Crippen LogP contribution in [-0.4, -0.2) is 4.86 Å². The molecule has 0 atom stereocenters. The van der Waals surface area contributed by atoms with Crippen LogP contribution < -0.4 is 0 Å². The van der Waals surface area contributed by atoms with Crippen LogP contribution in [0.1, 0.15) is 46.0 Å². The Morgan fingerprint density at radius 1 is 1.11 bits per heavy atom. The summed E-state index contributed by atoms with van der Waals surface area (Å²) in [4.78, 5) is 1.26. The van der Waals surface area contributed by atoms with Crippen molar-refractivity contribution >= 4 is 17.1 Å².